The molecule has 0 spiro atoms. The molecule has 22 heavy (non-hydrogen) atoms. The fourth-order valence-corrected chi connectivity index (χ4v) is 4.26. The van der Waals surface area contributed by atoms with E-state index in [0.29, 0.717) is 6.42 Å². The molecule has 7 heteroatoms. The van der Waals surface area contributed by atoms with Crippen LogP contribution in [0.25, 0.3) is 0 Å². The van der Waals surface area contributed by atoms with Crippen LogP contribution in [0.1, 0.15) is 48.9 Å². The molecular weight excluding hydrogens is 316 g/mol. The van der Waals surface area contributed by atoms with E-state index in [1.54, 1.807) is 11.8 Å². The van der Waals surface area contributed by atoms with Gasteiger partial charge >= 0.3 is 0 Å². The van der Waals surface area contributed by atoms with Crippen molar-refractivity contribution in [3.63, 3.8) is 0 Å². The average molecular weight is 334 g/mol. The van der Waals surface area contributed by atoms with E-state index in [1.165, 1.54) is 24.4 Å². The highest BCUT2D eigenvalue weighted by atomic mass is 32.2. The van der Waals surface area contributed by atoms with Crippen LogP contribution in [0.5, 0.6) is 0 Å². The molecular formula is C15H18N4OS2. The molecule has 0 saturated carbocycles. The molecule has 3 heterocycles. The highest BCUT2D eigenvalue weighted by Gasteiger charge is 2.30. The molecule has 0 fully saturated rings. The smallest absolute Gasteiger partial charge is 0.225 e. The molecule has 3 rings (SSSR count). The second-order valence-electron chi connectivity index (χ2n) is 5.32. The number of hydrogen-bond acceptors (Lipinski definition) is 6. The summed E-state index contributed by atoms with van der Waals surface area (Å²) >= 11 is 3.02. The summed E-state index contributed by atoms with van der Waals surface area (Å²) in [5.41, 5.74) is 3.07. The Kier molecular flexibility index (Phi) is 4.73. The third kappa shape index (κ3) is 3.15. The number of anilines is 1. The summed E-state index contributed by atoms with van der Waals surface area (Å²) in [5, 5.41) is 4.56. The number of thioether (sulfide) groups is 1. The first-order chi connectivity index (χ1) is 10.7. The minimum Gasteiger partial charge on any atom is -0.316 e. The maximum absolute atomic E-state index is 11.9. The van der Waals surface area contributed by atoms with Crippen molar-refractivity contribution in [3.05, 3.63) is 29.2 Å². The lowest BCUT2D eigenvalue weighted by Gasteiger charge is -2.22. The summed E-state index contributed by atoms with van der Waals surface area (Å²) in [6.45, 7) is 4.16. The van der Waals surface area contributed by atoms with Crippen LogP contribution in [-0.4, -0.2) is 26.0 Å². The average Bonchev–Trinajstić information content (AvgIpc) is 2.89. The van der Waals surface area contributed by atoms with Crippen molar-refractivity contribution < 1.29 is 4.79 Å². The molecule has 2 aromatic rings. The Morgan fingerprint density at radius 1 is 1.41 bits per heavy atom. The summed E-state index contributed by atoms with van der Waals surface area (Å²) in [7, 11) is 0. The van der Waals surface area contributed by atoms with Gasteiger partial charge in [0.2, 0.25) is 5.91 Å². The van der Waals surface area contributed by atoms with Gasteiger partial charge in [-0.15, -0.1) is 0 Å². The number of carbonyl (C=O) groups excluding carboxylic acids is 1. The number of hydrogen-bond donors (Lipinski definition) is 1. The predicted octanol–water partition coefficient (Wildman–Crippen LogP) is 3.61. The lowest BCUT2D eigenvalue weighted by atomic mass is 9.88. The number of nitrogens with one attached hydrogen (secondary N) is 1. The van der Waals surface area contributed by atoms with Crippen molar-refractivity contribution in [1.29, 1.82) is 0 Å². The van der Waals surface area contributed by atoms with Crippen LogP contribution in [0.4, 0.5) is 5.00 Å². The Hall–Kier alpha value is -1.47. The highest BCUT2D eigenvalue weighted by molar-refractivity contribution is 7.99. The monoisotopic (exact) mass is 334 g/mol. The minimum absolute atomic E-state index is 0.0113. The van der Waals surface area contributed by atoms with Crippen LogP contribution in [-0.2, 0) is 4.79 Å². The van der Waals surface area contributed by atoms with Crippen LogP contribution >= 0.6 is 23.3 Å². The minimum atomic E-state index is 0.0113. The van der Waals surface area contributed by atoms with Crippen molar-refractivity contribution in [3.8, 4) is 0 Å². The standard InChI is InChI=1S/C15H18N4OS2/c1-3-4-5-21-15-16-7-10(8-17-15)11-6-12(20)18-14-13(11)9(2)19-22-14/h7-8,11H,3-6H2,1-2H3,(H,18,20)/t11-/m1/s1. The largest absolute Gasteiger partial charge is 0.316 e. The molecule has 1 atom stereocenters. The predicted molar refractivity (Wildman–Crippen MR) is 89.6 cm³/mol. The molecule has 0 aliphatic carbocycles. The first-order valence-electron chi connectivity index (χ1n) is 7.39. The molecule has 116 valence electrons. The maximum Gasteiger partial charge on any atom is 0.225 e. The summed E-state index contributed by atoms with van der Waals surface area (Å²) in [6.07, 6.45) is 6.48. The first kappa shape index (κ1) is 15.4. The van der Waals surface area contributed by atoms with Gasteiger partial charge in [0.15, 0.2) is 5.16 Å². The fraction of sp³-hybridized carbons (Fsp3) is 0.467. The Balaban J connectivity index is 1.82. The molecule has 0 unspecified atom stereocenters. The third-order valence-corrected chi connectivity index (χ3v) is 5.51. The molecule has 5 nitrogen and oxygen atoms in total. The number of aromatic nitrogens is 3. The maximum atomic E-state index is 11.9. The molecule has 1 aliphatic heterocycles. The van der Waals surface area contributed by atoms with Crippen LogP contribution in [0.3, 0.4) is 0 Å². The summed E-state index contributed by atoms with van der Waals surface area (Å²) < 4.78 is 4.36. The van der Waals surface area contributed by atoms with E-state index in [1.807, 2.05) is 19.3 Å². The number of amides is 1. The Morgan fingerprint density at radius 3 is 2.91 bits per heavy atom. The van der Waals surface area contributed by atoms with Gasteiger partial charge in [-0.1, -0.05) is 25.1 Å². The van der Waals surface area contributed by atoms with E-state index in [2.05, 4.69) is 26.6 Å². The highest BCUT2D eigenvalue weighted by Crippen LogP contribution is 2.40. The van der Waals surface area contributed by atoms with Crippen molar-refractivity contribution in [2.24, 2.45) is 0 Å². The summed E-state index contributed by atoms with van der Waals surface area (Å²) in [5.74, 6) is 1.08. The van der Waals surface area contributed by atoms with E-state index in [-0.39, 0.29) is 11.8 Å². The van der Waals surface area contributed by atoms with Crippen LogP contribution in [0.2, 0.25) is 0 Å². The number of fused-ring (bicyclic) bond motifs is 1. The number of nitrogens with zero attached hydrogens (tertiary/aromatic N) is 3. The third-order valence-electron chi connectivity index (χ3n) is 3.68. The van der Waals surface area contributed by atoms with E-state index in [9.17, 15) is 4.79 Å². The molecule has 0 bridgehead atoms. The fourth-order valence-electron chi connectivity index (χ4n) is 2.52. The Bertz CT molecular complexity index is 669. The molecule has 1 aliphatic rings. The molecule has 1 amide bonds. The van der Waals surface area contributed by atoms with E-state index in [4.69, 9.17) is 0 Å². The van der Waals surface area contributed by atoms with Crippen LogP contribution < -0.4 is 5.32 Å². The number of rotatable bonds is 5. The van der Waals surface area contributed by atoms with Crippen LogP contribution in [0, 0.1) is 6.92 Å². The molecule has 2 aromatic heterocycles. The quantitative estimate of drug-likeness (QED) is 0.514. The lowest BCUT2D eigenvalue weighted by molar-refractivity contribution is -0.116. The second kappa shape index (κ2) is 6.75. The van der Waals surface area contributed by atoms with Gasteiger partial charge in [-0.2, -0.15) is 4.37 Å². The lowest BCUT2D eigenvalue weighted by Crippen LogP contribution is -2.22. The van der Waals surface area contributed by atoms with E-state index < -0.39 is 0 Å². The topological polar surface area (TPSA) is 67.8 Å². The van der Waals surface area contributed by atoms with Gasteiger partial charge in [0.05, 0.1) is 5.69 Å². The molecule has 1 N–H and O–H groups in total. The van der Waals surface area contributed by atoms with Gasteiger partial charge in [-0.05, 0) is 30.4 Å². The van der Waals surface area contributed by atoms with Gasteiger partial charge in [0, 0.05) is 36.0 Å². The number of unbranched alkanes of at least 4 members (excludes halogenated alkanes) is 1. The molecule has 0 aromatic carbocycles. The summed E-state index contributed by atoms with van der Waals surface area (Å²) in [4.78, 5) is 20.8. The number of aryl methyl sites for hydroxylation is 1. The van der Waals surface area contributed by atoms with Gasteiger partial charge < -0.3 is 5.32 Å². The second-order valence-corrected chi connectivity index (χ2v) is 7.15. The normalized spacial score (nSPS) is 17.2. The van der Waals surface area contributed by atoms with Gasteiger partial charge in [-0.25, -0.2) is 9.97 Å². The number of carbonyl (C=O) groups is 1. The van der Waals surface area contributed by atoms with Gasteiger partial charge in [-0.3, -0.25) is 4.79 Å². The molecule has 0 radical (unpaired) electrons. The zero-order valence-electron chi connectivity index (χ0n) is 12.6. The van der Waals surface area contributed by atoms with Crippen molar-refractivity contribution in [2.75, 3.05) is 11.1 Å². The van der Waals surface area contributed by atoms with Crippen molar-refractivity contribution in [2.45, 2.75) is 44.2 Å². The zero-order chi connectivity index (χ0) is 15.5. The van der Waals surface area contributed by atoms with E-state index in [0.717, 1.165) is 32.7 Å². The Morgan fingerprint density at radius 2 is 2.18 bits per heavy atom. The van der Waals surface area contributed by atoms with Gasteiger partial charge in [0.25, 0.3) is 0 Å². The molecule has 0 saturated heterocycles. The first-order valence-corrected chi connectivity index (χ1v) is 9.15. The van der Waals surface area contributed by atoms with Crippen molar-refractivity contribution >= 4 is 34.2 Å². The van der Waals surface area contributed by atoms with Crippen LogP contribution in [0.15, 0.2) is 17.6 Å². The van der Waals surface area contributed by atoms with Gasteiger partial charge in [0.1, 0.15) is 5.00 Å². The van der Waals surface area contributed by atoms with E-state index >= 15 is 0 Å². The van der Waals surface area contributed by atoms with Crippen molar-refractivity contribution in [1.82, 2.24) is 14.3 Å². The SMILES string of the molecule is CCCCSc1ncc([C@H]2CC(=O)Nc3snc(C)c32)cn1. The Labute approximate surface area is 138 Å². The summed E-state index contributed by atoms with van der Waals surface area (Å²) in [6, 6.07) is 0. The zero-order valence-corrected chi connectivity index (χ0v) is 14.3.